The molecule has 1 atom stereocenters. The van der Waals surface area contributed by atoms with E-state index in [1.165, 1.54) is 28.8 Å². The Bertz CT molecular complexity index is 1060. The van der Waals surface area contributed by atoms with E-state index in [4.69, 9.17) is 16.0 Å². The quantitative estimate of drug-likeness (QED) is 0.433. The second-order valence-electron chi connectivity index (χ2n) is 5.86. The van der Waals surface area contributed by atoms with Crippen molar-refractivity contribution in [2.75, 3.05) is 5.32 Å². The van der Waals surface area contributed by atoms with Crippen LogP contribution in [0.3, 0.4) is 0 Å². The molecule has 3 aromatic rings. The lowest BCUT2D eigenvalue weighted by Gasteiger charge is -2.15. The summed E-state index contributed by atoms with van der Waals surface area (Å²) >= 11 is 5.77. The molecule has 3 rings (SSSR count). The van der Waals surface area contributed by atoms with Crippen LogP contribution in [-0.4, -0.2) is 21.4 Å². The lowest BCUT2D eigenvalue weighted by Crippen LogP contribution is -2.20. The van der Waals surface area contributed by atoms with Crippen LogP contribution in [0.2, 0.25) is 0 Å². The normalized spacial score (nSPS) is 12.6. The third kappa shape index (κ3) is 5.45. The summed E-state index contributed by atoms with van der Waals surface area (Å²) in [5.74, 6) is -0.297. The number of aromatic nitrogens is 1. The average molecular weight is 443 g/mol. The van der Waals surface area contributed by atoms with Crippen molar-refractivity contribution in [2.45, 2.75) is 22.3 Å². The number of carbonyl (C=O) groups is 1. The number of amides is 1. The number of anilines is 1. The van der Waals surface area contributed by atoms with Gasteiger partial charge in [-0.15, -0.1) is 11.6 Å². The minimum Gasteiger partial charge on any atom is -0.454 e. The van der Waals surface area contributed by atoms with Crippen molar-refractivity contribution in [3.05, 3.63) is 82.7 Å². The molecular formula is C19H14ClF3N2O3S. The van der Waals surface area contributed by atoms with Crippen LogP contribution in [0.4, 0.5) is 18.9 Å². The first-order chi connectivity index (χ1) is 13.7. The highest BCUT2D eigenvalue weighted by Crippen LogP contribution is 2.40. The van der Waals surface area contributed by atoms with Crippen LogP contribution in [0.25, 0.3) is 0 Å². The standard InChI is InChI=1S/C19H14ClF3N2O3S/c20-18(19(21,22)23)29-15-6-2-1-5-13(15)24-17(27)14-9-8-12(28-14)11-25-10-4-3-7-16(25)26/h1-10,18H,11H2,(H,24,27). The van der Waals surface area contributed by atoms with Crippen LogP contribution < -0.4 is 10.9 Å². The number of pyridine rings is 1. The molecule has 0 aliphatic rings. The molecular weight excluding hydrogens is 429 g/mol. The zero-order chi connectivity index (χ0) is 21.0. The molecule has 1 aromatic carbocycles. The van der Waals surface area contributed by atoms with E-state index in [-0.39, 0.29) is 28.4 Å². The van der Waals surface area contributed by atoms with Gasteiger partial charge in [-0.05, 0) is 30.3 Å². The molecule has 0 saturated carbocycles. The molecule has 0 fully saturated rings. The molecule has 5 nitrogen and oxygen atoms in total. The van der Waals surface area contributed by atoms with Crippen molar-refractivity contribution >= 4 is 35.0 Å². The van der Waals surface area contributed by atoms with Crippen molar-refractivity contribution < 1.29 is 22.4 Å². The lowest BCUT2D eigenvalue weighted by molar-refractivity contribution is -0.113. The number of nitrogens with one attached hydrogen (secondary N) is 1. The monoisotopic (exact) mass is 442 g/mol. The molecule has 0 saturated heterocycles. The number of hydrogen-bond donors (Lipinski definition) is 1. The van der Waals surface area contributed by atoms with Gasteiger partial charge in [-0.2, -0.15) is 13.2 Å². The summed E-state index contributed by atoms with van der Waals surface area (Å²) < 4.78 is 42.9. The fourth-order valence-corrected chi connectivity index (χ4v) is 3.43. The lowest BCUT2D eigenvalue weighted by atomic mass is 10.3. The third-order valence-electron chi connectivity index (χ3n) is 3.73. The molecule has 0 bridgehead atoms. The highest BCUT2D eigenvalue weighted by Gasteiger charge is 2.39. The van der Waals surface area contributed by atoms with E-state index in [1.807, 2.05) is 0 Å². The van der Waals surface area contributed by atoms with Crippen molar-refractivity contribution in [1.82, 2.24) is 4.57 Å². The van der Waals surface area contributed by atoms with Gasteiger partial charge in [0, 0.05) is 17.2 Å². The fourth-order valence-electron chi connectivity index (χ4n) is 2.38. The average Bonchev–Trinajstić information content (AvgIpc) is 3.13. The first-order valence-electron chi connectivity index (χ1n) is 8.26. The van der Waals surface area contributed by atoms with Crippen LogP contribution in [0.5, 0.6) is 0 Å². The van der Waals surface area contributed by atoms with E-state index >= 15 is 0 Å². The Labute approximate surface area is 172 Å². The minimum absolute atomic E-state index is 0.0398. The molecule has 152 valence electrons. The summed E-state index contributed by atoms with van der Waals surface area (Å²) in [6.45, 7) is 0.138. The number of thioether (sulfide) groups is 1. The molecule has 29 heavy (non-hydrogen) atoms. The van der Waals surface area contributed by atoms with Crippen LogP contribution in [0, 0.1) is 0 Å². The molecule has 0 aliphatic heterocycles. The molecule has 0 aliphatic carbocycles. The molecule has 1 N–H and O–H groups in total. The maximum absolute atomic E-state index is 12.7. The summed E-state index contributed by atoms with van der Waals surface area (Å²) in [4.78, 5) is 24.4. The molecule has 1 amide bonds. The largest absolute Gasteiger partial charge is 0.454 e. The zero-order valence-corrected chi connectivity index (χ0v) is 16.2. The summed E-state index contributed by atoms with van der Waals surface area (Å²) in [5, 5.41) is 2.52. The topological polar surface area (TPSA) is 64.2 Å². The van der Waals surface area contributed by atoms with E-state index < -0.39 is 16.8 Å². The van der Waals surface area contributed by atoms with E-state index in [0.717, 1.165) is 0 Å². The van der Waals surface area contributed by atoms with Gasteiger partial charge in [0.05, 0.1) is 12.2 Å². The highest BCUT2D eigenvalue weighted by molar-refractivity contribution is 8.01. The first kappa shape index (κ1) is 21.1. The highest BCUT2D eigenvalue weighted by atomic mass is 35.5. The van der Waals surface area contributed by atoms with Crippen molar-refractivity contribution in [3.63, 3.8) is 0 Å². The number of furan rings is 1. The molecule has 2 heterocycles. The van der Waals surface area contributed by atoms with Gasteiger partial charge >= 0.3 is 6.18 Å². The zero-order valence-electron chi connectivity index (χ0n) is 14.7. The van der Waals surface area contributed by atoms with Crippen LogP contribution in [-0.2, 0) is 6.54 Å². The first-order valence-corrected chi connectivity index (χ1v) is 9.57. The van der Waals surface area contributed by atoms with Crippen molar-refractivity contribution in [2.24, 2.45) is 0 Å². The smallest absolute Gasteiger partial charge is 0.414 e. The van der Waals surface area contributed by atoms with E-state index in [1.54, 1.807) is 36.5 Å². The maximum atomic E-state index is 12.7. The van der Waals surface area contributed by atoms with Gasteiger partial charge in [0.2, 0.25) is 0 Å². The number of para-hydroxylation sites is 1. The van der Waals surface area contributed by atoms with Gasteiger partial charge in [0.1, 0.15) is 5.76 Å². The second-order valence-corrected chi connectivity index (χ2v) is 7.70. The molecule has 0 spiro atoms. The third-order valence-corrected chi connectivity index (χ3v) is 5.33. The van der Waals surface area contributed by atoms with Gasteiger partial charge in [0.25, 0.3) is 11.5 Å². The van der Waals surface area contributed by atoms with E-state index in [2.05, 4.69) is 5.32 Å². The minimum atomic E-state index is -4.59. The van der Waals surface area contributed by atoms with Crippen LogP contribution in [0.1, 0.15) is 16.3 Å². The molecule has 1 unspecified atom stereocenters. The van der Waals surface area contributed by atoms with Crippen LogP contribution >= 0.6 is 23.4 Å². The Kier molecular flexibility index (Phi) is 6.39. The van der Waals surface area contributed by atoms with Gasteiger partial charge in [-0.3, -0.25) is 9.59 Å². The summed E-state index contributed by atoms with van der Waals surface area (Å²) in [7, 11) is 0. The van der Waals surface area contributed by atoms with Crippen molar-refractivity contribution in [3.8, 4) is 0 Å². The number of rotatable bonds is 6. The second kappa shape index (κ2) is 8.79. The van der Waals surface area contributed by atoms with Gasteiger partial charge in [-0.1, -0.05) is 30.0 Å². The Hall–Kier alpha value is -2.65. The van der Waals surface area contributed by atoms with E-state index in [0.29, 0.717) is 17.5 Å². The van der Waals surface area contributed by atoms with Gasteiger partial charge in [0.15, 0.2) is 10.5 Å². The summed E-state index contributed by atoms with van der Waals surface area (Å²) in [6.07, 6.45) is -3.00. The van der Waals surface area contributed by atoms with E-state index in [9.17, 15) is 22.8 Å². The fraction of sp³-hybridized carbons (Fsp3) is 0.158. The molecule has 2 aromatic heterocycles. The Balaban J connectivity index is 1.72. The predicted molar refractivity (Wildman–Crippen MR) is 104 cm³/mol. The summed E-state index contributed by atoms with van der Waals surface area (Å²) in [6, 6.07) is 13.7. The molecule has 0 radical (unpaired) electrons. The number of benzene rings is 1. The number of hydrogen-bond acceptors (Lipinski definition) is 4. The number of carbonyl (C=O) groups excluding carboxylic acids is 1. The maximum Gasteiger partial charge on any atom is 0.414 e. The van der Waals surface area contributed by atoms with Crippen LogP contribution in [0.15, 0.2) is 74.9 Å². The Morgan fingerprint density at radius 3 is 2.59 bits per heavy atom. The number of halogens is 4. The number of alkyl halides is 4. The predicted octanol–water partition coefficient (Wildman–Crippen LogP) is 4.96. The van der Waals surface area contributed by atoms with Gasteiger partial charge < -0.3 is 14.3 Å². The SMILES string of the molecule is O=C(Nc1ccccc1SC(Cl)C(F)(F)F)c1ccc(Cn2ccccc2=O)o1. The summed E-state index contributed by atoms with van der Waals surface area (Å²) in [5.41, 5.74) is -0.0456. The molecule has 10 heteroatoms. The van der Waals surface area contributed by atoms with Crippen molar-refractivity contribution in [1.29, 1.82) is 0 Å². The Morgan fingerprint density at radius 1 is 1.14 bits per heavy atom. The number of nitrogens with zero attached hydrogens (tertiary/aromatic N) is 1. The van der Waals surface area contributed by atoms with Gasteiger partial charge in [-0.25, -0.2) is 0 Å². The Morgan fingerprint density at radius 2 is 1.86 bits per heavy atom.